The Kier molecular flexibility index (Phi) is 77.5. The second kappa shape index (κ2) is 79.1. The van der Waals surface area contributed by atoms with E-state index >= 15 is 0 Å². The highest BCUT2D eigenvalue weighted by molar-refractivity contribution is 7.45. The topological polar surface area (TPSA) is 111 Å². The summed E-state index contributed by atoms with van der Waals surface area (Å²) in [7, 11) is 1.19. The Morgan fingerprint density at radius 2 is 0.582 bits per heavy atom. The molecule has 0 saturated heterocycles. The third-order valence-corrected chi connectivity index (χ3v) is 20.8. The van der Waals surface area contributed by atoms with Crippen LogP contribution >= 0.6 is 7.82 Å². The quantitative estimate of drug-likeness (QED) is 0.0195. The van der Waals surface area contributed by atoms with Crippen molar-refractivity contribution in [3.8, 4) is 0 Å². The van der Waals surface area contributed by atoms with Gasteiger partial charge in [0.1, 0.15) is 19.8 Å². The second-order valence-corrected chi connectivity index (χ2v) is 32.3. The summed E-state index contributed by atoms with van der Waals surface area (Å²) in [4.78, 5) is 38.2. The van der Waals surface area contributed by atoms with Gasteiger partial charge in [-0.3, -0.25) is 14.2 Å². The van der Waals surface area contributed by atoms with Crippen LogP contribution in [-0.2, 0) is 32.7 Å². The molecule has 0 spiro atoms. The summed E-state index contributed by atoms with van der Waals surface area (Å²) in [5.74, 6) is -0.807. The van der Waals surface area contributed by atoms with Gasteiger partial charge in [0.2, 0.25) is 0 Å². The number of ether oxygens (including phenoxy) is 2. The molecule has 0 aromatic carbocycles. The van der Waals surface area contributed by atoms with Gasteiger partial charge in [-0.1, -0.05) is 435 Å². The highest BCUT2D eigenvalue weighted by atomic mass is 31.2. The summed E-state index contributed by atoms with van der Waals surface area (Å²) < 4.78 is 34.5. The smallest absolute Gasteiger partial charge is 0.306 e. The number of carbonyl (C=O) groups excluding carboxylic acids is 2. The van der Waals surface area contributed by atoms with E-state index in [9.17, 15) is 19.0 Å². The van der Waals surface area contributed by atoms with Gasteiger partial charge in [0.15, 0.2) is 6.10 Å². The van der Waals surface area contributed by atoms with Crippen molar-refractivity contribution in [3.05, 3.63) is 48.6 Å². The summed E-state index contributed by atoms with van der Waals surface area (Å²) in [5.41, 5.74) is 0. The van der Waals surface area contributed by atoms with Crippen LogP contribution in [0.25, 0.3) is 0 Å². The molecule has 0 saturated carbocycles. The molecule has 0 aliphatic carbocycles. The molecular formula is C88H168NO8P. The van der Waals surface area contributed by atoms with Crippen LogP contribution in [0, 0.1) is 0 Å². The van der Waals surface area contributed by atoms with Crippen LogP contribution in [0.1, 0.15) is 450 Å². The molecule has 2 unspecified atom stereocenters. The number of esters is 2. The highest BCUT2D eigenvalue weighted by Gasteiger charge is 2.22. The zero-order valence-electron chi connectivity index (χ0n) is 66.3. The van der Waals surface area contributed by atoms with E-state index in [4.69, 9.17) is 18.5 Å². The van der Waals surface area contributed by atoms with E-state index in [2.05, 4.69) is 62.5 Å². The number of hydrogen-bond acceptors (Lipinski definition) is 8. The fourth-order valence-corrected chi connectivity index (χ4v) is 14.0. The Hall–Kier alpha value is -2.03. The number of rotatable bonds is 82. The maximum atomic E-state index is 12.9. The maximum absolute atomic E-state index is 12.9. The van der Waals surface area contributed by atoms with Gasteiger partial charge >= 0.3 is 11.9 Å². The van der Waals surface area contributed by atoms with Crippen molar-refractivity contribution in [2.24, 2.45) is 0 Å². The monoisotopic (exact) mass is 1400 g/mol. The number of unbranched alkanes of at least 4 members (excludes halogenated alkanes) is 60. The number of hydrogen-bond donors (Lipinski definition) is 0. The zero-order chi connectivity index (χ0) is 71.1. The molecule has 0 aliphatic rings. The summed E-state index contributed by atoms with van der Waals surface area (Å²) in [5, 5.41) is 0. The maximum Gasteiger partial charge on any atom is 0.306 e. The molecule has 578 valence electrons. The van der Waals surface area contributed by atoms with E-state index in [1.165, 1.54) is 360 Å². The van der Waals surface area contributed by atoms with Gasteiger partial charge in [-0.25, -0.2) is 0 Å². The number of allylic oxidation sites excluding steroid dienone is 8. The SMILES string of the molecule is CC/C=C\C/C=C\C/C=C\C/C=C\CCCCCCCCCCCCCCCCCCCCCCC(=O)OC(COC(=O)CCCCCCCCCCCCCCCCCCCCCCCCCCCCCCCCCCCCCCCCCCC)COP(=O)([O-])OCC[N+](C)(C)C. The number of carbonyl (C=O) groups is 2. The second-order valence-electron chi connectivity index (χ2n) is 30.9. The van der Waals surface area contributed by atoms with Gasteiger partial charge in [-0.05, 0) is 51.4 Å². The Morgan fingerprint density at radius 3 is 0.867 bits per heavy atom. The van der Waals surface area contributed by atoms with Gasteiger partial charge < -0.3 is 27.9 Å². The van der Waals surface area contributed by atoms with Crippen LogP contribution in [0.4, 0.5) is 0 Å². The molecule has 0 aliphatic heterocycles. The molecule has 0 rings (SSSR count). The predicted octanol–water partition coefficient (Wildman–Crippen LogP) is 28.4. The van der Waals surface area contributed by atoms with E-state index in [0.29, 0.717) is 17.4 Å². The van der Waals surface area contributed by atoms with E-state index < -0.39 is 26.5 Å². The van der Waals surface area contributed by atoms with Crippen LogP contribution in [0.5, 0.6) is 0 Å². The number of nitrogens with zero attached hydrogens (tertiary/aromatic N) is 1. The van der Waals surface area contributed by atoms with E-state index in [-0.39, 0.29) is 32.0 Å². The fourth-order valence-electron chi connectivity index (χ4n) is 13.3. The molecule has 0 aromatic heterocycles. The Balaban J connectivity index is 3.84. The largest absolute Gasteiger partial charge is 0.756 e. The van der Waals surface area contributed by atoms with Crippen molar-refractivity contribution in [3.63, 3.8) is 0 Å². The van der Waals surface area contributed by atoms with Crippen LogP contribution < -0.4 is 4.89 Å². The standard InChI is InChI=1S/C88H168NO8P/c1-6-8-10-12-14-16-18-20-22-24-26-28-30-32-34-36-38-40-41-42-43-44-45-46-47-49-50-52-54-56-58-60-62-64-66-68-70-72-74-76-78-80-87(90)94-84-86(85-96-98(92,93)95-83-82-89(3,4)5)97-88(91)81-79-77-75-73-71-69-67-65-63-61-59-57-55-53-51-48-39-37-35-33-31-29-27-25-23-21-19-17-15-13-11-9-7-2/h9,11,15,17,21,23,27,29,86H,6-8,10,12-14,16,18-20,22,24-26,28,30-85H2,1-5H3/b11-9-,17-15-,23-21-,29-27-. The number of quaternary nitrogens is 1. The van der Waals surface area contributed by atoms with E-state index in [1.54, 1.807) is 0 Å². The first-order valence-electron chi connectivity index (χ1n) is 43.3. The number of phosphoric ester groups is 1. The van der Waals surface area contributed by atoms with Crippen molar-refractivity contribution in [2.45, 2.75) is 457 Å². The minimum Gasteiger partial charge on any atom is -0.756 e. The fraction of sp³-hybridized carbons (Fsp3) is 0.886. The van der Waals surface area contributed by atoms with Crippen LogP contribution in [0.15, 0.2) is 48.6 Å². The number of phosphoric acid groups is 1. The minimum absolute atomic E-state index is 0.0277. The average molecular weight is 1400 g/mol. The van der Waals surface area contributed by atoms with Crippen molar-refractivity contribution >= 4 is 19.8 Å². The van der Waals surface area contributed by atoms with Gasteiger partial charge in [0.05, 0.1) is 27.7 Å². The molecule has 0 aromatic rings. The highest BCUT2D eigenvalue weighted by Crippen LogP contribution is 2.38. The first-order valence-corrected chi connectivity index (χ1v) is 44.8. The Bertz CT molecular complexity index is 1790. The van der Waals surface area contributed by atoms with Gasteiger partial charge in [-0.2, -0.15) is 0 Å². The molecule has 0 radical (unpaired) electrons. The van der Waals surface area contributed by atoms with E-state index in [0.717, 1.165) is 57.8 Å². The summed E-state index contributed by atoms with van der Waals surface area (Å²) in [6, 6.07) is 0. The van der Waals surface area contributed by atoms with E-state index in [1.807, 2.05) is 21.1 Å². The molecule has 0 amide bonds. The molecular weight excluding hydrogens is 1230 g/mol. The average Bonchev–Trinajstić information content (AvgIpc) is 1.08. The van der Waals surface area contributed by atoms with Crippen LogP contribution in [0.3, 0.4) is 0 Å². The van der Waals surface area contributed by atoms with Crippen molar-refractivity contribution in [1.29, 1.82) is 0 Å². The van der Waals surface area contributed by atoms with Crippen molar-refractivity contribution in [1.82, 2.24) is 0 Å². The molecule has 10 heteroatoms. The van der Waals surface area contributed by atoms with Gasteiger partial charge in [0, 0.05) is 12.8 Å². The lowest BCUT2D eigenvalue weighted by atomic mass is 10.0. The van der Waals surface area contributed by atoms with Gasteiger partial charge in [0.25, 0.3) is 7.82 Å². The lowest BCUT2D eigenvalue weighted by Gasteiger charge is -2.28. The molecule has 0 N–H and O–H groups in total. The normalized spacial score (nSPS) is 13.2. The summed E-state index contributed by atoms with van der Waals surface area (Å²) in [6.07, 6.45) is 106. The third kappa shape index (κ3) is 82.9. The molecule has 0 heterocycles. The molecule has 98 heavy (non-hydrogen) atoms. The summed E-state index contributed by atoms with van der Waals surface area (Å²) >= 11 is 0. The zero-order valence-corrected chi connectivity index (χ0v) is 67.2. The van der Waals surface area contributed by atoms with Gasteiger partial charge in [-0.15, -0.1) is 0 Å². The van der Waals surface area contributed by atoms with Crippen LogP contribution in [0.2, 0.25) is 0 Å². The Morgan fingerprint density at radius 1 is 0.327 bits per heavy atom. The Labute approximate surface area is 611 Å². The first-order chi connectivity index (χ1) is 48.0. The number of likely N-dealkylation sites (N-methyl/N-ethyl adjacent to an activating group) is 1. The molecule has 9 nitrogen and oxygen atoms in total. The molecule has 2 atom stereocenters. The third-order valence-electron chi connectivity index (χ3n) is 19.9. The predicted molar refractivity (Wildman–Crippen MR) is 425 cm³/mol. The van der Waals surface area contributed by atoms with Crippen molar-refractivity contribution < 1.29 is 42.1 Å². The molecule has 0 bridgehead atoms. The lowest BCUT2D eigenvalue weighted by molar-refractivity contribution is -0.870. The summed E-state index contributed by atoms with van der Waals surface area (Å²) in [6.45, 7) is 4.22. The molecule has 0 fully saturated rings. The van der Waals surface area contributed by atoms with Crippen molar-refractivity contribution in [2.75, 3.05) is 47.5 Å². The first kappa shape index (κ1) is 96.0. The lowest BCUT2D eigenvalue weighted by Crippen LogP contribution is -2.37. The van der Waals surface area contributed by atoms with Crippen LogP contribution in [-0.4, -0.2) is 70.0 Å². The minimum atomic E-state index is -4.64.